The predicted molar refractivity (Wildman–Crippen MR) is 121 cm³/mol. The van der Waals surface area contributed by atoms with E-state index in [1.54, 1.807) is 0 Å². The van der Waals surface area contributed by atoms with E-state index in [-0.39, 0.29) is 6.61 Å². The van der Waals surface area contributed by atoms with E-state index in [1.165, 1.54) is 110 Å². The molecule has 0 amide bonds. The summed E-state index contributed by atoms with van der Waals surface area (Å²) in [7, 11) is -4.17. The Morgan fingerprint density at radius 2 is 1.07 bits per heavy atom. The highest BCUT2D eigenvalue weighted by atomic mass is 32.3. The topological polar surface area (TPSA) is 89.6 Å². The summed E-state index contributed by atoms with van der Waals surface area (Å²) in [5.41, 5.74) is 5.93. The molecule has 6 heteroatoms. The van der Waals surface area contributed by atoms with Gasteiger partial charge in [-0.05, 0) is 19.8 Å². The van der Waals surface area contributed by atoms with E-state index in [9.17, 15) is 8.42 Å². The molecule has 1 atom stereocenters. The molecule has 5 nitrogen and oxygen atoms in total. The predicted octanol–water partition coefficient (Wildman–Crippen LogP) is 6.81. The van der Waals surface area contributed by atoms with Gasteiger partial charge in [0, 0.05) is 6.04 Å². The summed E-state index contributed by atoms with van der Waals surface area (Å²) in [6.07, 6.45) is 24.0. The number of hydrogen-bond acceptors (Lipinski definition) is 4. The minimum absolute atomic E-state index is 0.0289. The average molecular weight is 424 g/mol. The first-order chi connectivity index (χ1) is 13.4. The largest absolute Gasteiger partial charge is 0.397 e. The molecular formula is C22H49NO4S. The molecule has 1 unspecified atom stereocenters. The molecule has 0 saturated heterocycles. The van der Waals surface area contributed by atoms with Crippen molar-refractivity contribution in [1.82, 2.24) is 0 Å². The Hall–Kier alpha value is -0.170. The first-order valence-corrected chi connectivity index (χ1v) is 13.1. The summed E-state index contributed by atoms with van der Waals surface area (Å²) in [6.45, 7) is 5.92. The van der Waals surface area contributed by atoms with Crippen LogP contribution in [0.5, 0.6) is 0 Å². The van der Waals surface area contributed by atoms with E-state index in [0.717, 1.165) is 6.42 Å². The summed E-state index contributed by atoms with van der Waals surface area (Å²) in [5.74, 6) is 0. The fourth-order valence-electron chi connectivity index (χ4n) is 3.13. The molecule has 3 N–H and O–H groups in total. The Morgan fingerprint density at radius 3 is 1.32 bits per heavy atom. The Balaban J connectivity index is 0. The summed E-state index contributed by atoms with van der Waals surface area (Å²) in [4.78, 5) is 0. The lowest BCUT2D eigenvalue weighted by atomic mass is 10.0. The zero-order valence-electron chi connectivity index (χ0n) is 19.0. The van der Waals surface area contributed by atoms with Crippen LogP contribution < -0.4 is 5.73 Å². The highest BCUT2D eigenvalue weighted by Gasteiger charge is 1.99. The van der Waals surface area contributed by atoms with Gasteiger partial charge in [-0.15, -0.1) is 0 Å². The monoisotopic (exact) mass is 423 g/mol. The molecule has 0 spiro atoms. The maximum absolute atomic E-state index is 9.56. The van der Waals surface area contributed by atoms with Crippen molar-refractivity contribution in [3.63, 3.8) is 0 Å². The average Bonchev–Trinajstić information content (AvgIpc) is 2.64. The summed E-state index contributed by atoms with van der Waals surface area (Å²) >= 11 is 0. The van der Waals surface area contributed by atoms with Gasteiger partial charge in [-0.2, -0.15) is 8.42 Å². The van der Waals surface area contributed by atoms with Crippen LogP contribution in [0.3, 0.4) is 0 Å². The molecule has 0 bridgehead atoms. The number of nitrogens with two attached hydrogens (primary N) is 1. The number of hydrogen-bond donors (Lipinski definition) is 2. The van der Waals surface area contributed by atoms with Gasteiger partial charge in [0.2, 0.25) is 0 Å². The molecule has 0 aliphatic heterocycles. The quantitative estimate of drug-likeness (QED) is 0.176. The van der Waals surface area contributed by atoms with Crippen LogP contribution in [-0.2, 0) is 14.6 Å². The van der Waals surface area contributed by atoms with E-state index < -0.39 is 10.4 Å². The van der Waals surface area contributed by atoms with Gasteiger partial charge in [0.1, 0.15) is 0 Å². The summed E-state index contributed by atoms with van der Waals surface area (Å²) in [5, 5.41) is 0. The van der Waals surface area contributed by atoms with Crippen LogP contribution in [0.1, 0.15) is 130 Å². The van der Waals surface area contributed by atoms with Crippen molar-refractivity contribution in [3.8, 4) is 0 Å². The zero-order chi connectivity index (χ0) is 21.5. The van der Waals surface area contributed by atoms with Crippen LogP contribution in [-0.4, -0.2) is 25.6 Å². The Labute approximate surface area is 176 Å². The molecule has 0 aromatic heterocycles. The highest BCUT2D eigenvalue weighted by Crippen LogP contribution is 2.14. The van der Waals surface area contributed by atoms with E-state index in [4.69, 9.17) is 10.3 Å². The van der Waals surface area contributed by atoms with Crippen LogP contribution in [0.2, 0.25) is 0 Å². The fourth-order valence-corrected chi connectivity index (χ4v) is 3.43. The molecular weight excluding hydrogens is 374 g/mol. The van der Waals surface area contributed by atoms with Crippen molar-refractivity contribution in [2.24, 2.45) is 5.73 Å². The lowest BCUT2D eigenvalue weighted by molar-refractivity contribution is 0.283. The molecule has 0 heterocycles. The van der Waals surface area contributed by atoms with Crippen molar-refractivity contribution < 1.29 is 17.2 Å². The van der Waals surface area contributed by atoms with Crippen molar-refractivity contribution >= 4 is 10.4 Å². The van der Waals surface area contributed by atoms with Crippen LogP contribution in [0.25, 0.3) is 0 Å². The van der Waals surface area contributed by atoms with E-state index >= 15 is 0 Å². The number of unbranched alkanes of at least 4 members (excludes halogenated alkanes) is 14. The third kappa shape index (κ3) is 30.6. The molecule has 0 aromatic rings. The van der Waals surface area contributed by atoms with Gasteiger partial charge in [0.15, 0.2) is 0 Å². The van der Waals surface area contributed by atoms with Crippen molar-refractivity contribution in [2.45, 2.75) is 136 Å². The Morgan fingerprint density at radius 1 is 0.714 bits per heavy atom. The van der Waals surface area contributed by atoms with Crippen molar-refractivity contribution in [1.29, 1.82) is 0 Å². The highest BCUT2D eigenvalue weighted by molar-refractivity contribution is 7.80. The van der Waals surface area contributed by atoms with Crippen LogP contribution >= 0.6 is 0 Å². The van der Waals surface area contributed by atoms with Gasteiger partial charge in [0.25, 0.3) is 0 Å². The molecule has 0 fully saturated rings. The normalized spacial score (nSPS) is 12.5. The minimum Gasteiger partial charge on any atom is -0.328 e. The smallest absolute Gasteiger partial charge is 0.328 e. The molecule has 28 heavy (non-hydrogen) atoms. The number of rotatable bonds is 19. The van der Waals surface area contributed by atoms with Gasteiger partial charge in [-0.1, -0.05) is 110 Å². The first-order valence-electron chi connectivity index (χ1n) is 11.7. The van der Waals surface area contributed by atoms with E-state index in [1.807, 2.05) is 0 Å². The van der Waals surface area contributed by atoms with Gasteiger partial charge < -0.3 is 5.73 Å². The SMILES string of the molecule is CCCCCCCCCCCCCCCCCC(N)CC.CCOS(=O)(=O)O. The second kappa shape index (κ2) is 23.1. The lowest BCUT2D eigenvalue weighted by Gasteiger charge is -2.07. The molecule has 0 saturated carbocycles. The fraction of sp³-hybridized carbons (Fsp3) is 1.00. The van der Waals surface area contributed by atoms with Crippen LogP contribution in [0, 0.1) is 0 Å². The van der Waals surface area contributed by atoms with E-state index in [0.29, 0.717) is 6.04 Å². The second-order valence-electron chi connectivity index (χ2n) is 7.74. The Bertz CT molecular complexity index is 388. The van der Waals surface area contributed by atoms with Crippen molar-refractivity contribution in [2.75, 3.05) is 6.61 Å². The molecule has 0 rings (SSSR count). The Kier molecular flexibility index (Phi) is 24.8. The zero-order valence-corrected chi connectivity index (χ0v) is 19.8. The minimum atomic E-state index is -4.17. The molecule has 0 aliphatic rings. The van der Waals surface area contributed by atoms with Gasteiger partial charge >= 0.3 is 10.4 Å². The van der Waals surface area contributed by atoms with Gasteiger partial charge in [-0.3, -0.25) is 4.55 Å². The van der Waals surface area contributed by atoms with E-state index in [2.05, 4.69) is 18.0 Å². The standard InChI is InChI=1S/C20H43N.C2H6O4S/c1-3-5-6-7-8-9-10-11-12-13-14-15-16-17-18-19-20(21)4-2;1-2-6-7(3,4)5/h20H,3-19,21H2,1-2H3;2H2,1H3,(H,3,4,5). The molecule has 172 valence electrons. The van der Waals surface area contributed by atoms with Crippen LogP contribution in [0.15, 0.2) is 0 Å². The van der Waals surface area contributed by atoms with Gasteiger partial charge in [0.05, 0.1) is 6.61 Å². The maximum Gasteiger partial charge on any atom is 0.397 e. The maximum atomic E-state index is 9.56. The molecule has 0 aromatic carbocycles. The summed E-state index contributed by atoms with van der Waals surface area (Å²) < 4.78 is 30.7. The third-order valence-electron chi connectivity index (χ3n) is 4.97. The first kappa shape index (κ1) is 30.0. The third-order valence-corrected chi connectivity index (χ3v) is 5.50. The van der Waals surface area contributed by atoms with Crippen LogP contribution in [0.4, 0.5) is 0 Å². The molecule has 0 radical (unpaired) electrons. The second-order valence-corrected chi connectivity index (χ2v) is 8.83. The van der Waals surface area contributed by atoms with Gasteiger partial charge in [-0.25, -0.2) is 4.18 Å². The lowest BCUT2D eigenvalue weighted by Crippen LogP contribution is -2.17. The molecule has 0 aliphatic carbocycles. The summed E-state index contributed by atoms with van der Waals surface area (Å²) in [6, 6.07) is 0.451. The van der Waals surface area contributed by atoms with Crippen molar-refractivity contribution in [3.05, 3.63) is 0 Å².